The van der Waals surface area contributed by atoms with Crippen LogP contribution in [0.5, 0.6) is 0 Å². The summed E-state index contributed by atoms with van der Waals surface area (Å²) >= 11 is 11.7. The first-order valence-corrected chi connectivity index (χ1v) is 7.55. The van der Waals surface area contributed by atoms with Crippen molar-refractivity contribution in [2.45, 2.75) is 13.0 Å². The highest BCUT2D eigenvalue weighted by Crippen LogP contribution is 2.17. The van der Waals surface area contributed by atoms with Gasteiger partial charge in [0.1, 0.15) is 5.15 Å². The first kappa shape index (κ1) is 17.2. The van der Waals surface area contributed by atoms with Gasteiger partial charge in [-0.1, -0.05) is 35.3 Å². The van der Waals surface area contributed by atoms with Gasteiger partial charge in [0.15, 0.2) is 6.61 Å². The van der Waals surface area contributed by atoms with E-state index in [9.17, 15) is 9.59 Å². The number of amides is 1. The number of rotatable bonds is 5. The predicted molar refractivity (Wildman–Crippen MR) is 87.5 cm³/mol. The summed E-state index contributed by atoms with van der Waals surface area (Å²) in [5.41, 5.74) is 0.970. The summed E-state index contributed by atoms with van der Waals surface area (Å²) < 4.78 is 4.93. The number of carbonyl (C=O) groups excluding carboxylic acids is 2. The second kappa shape index (κ2) is 7.94. The third-order valence-corrected chi connectivity index (χ3v) is 3.58. The lowest BCUT2D eigenvalue weighted by atomic mass is 10.1. The normalized spacial score (nSPS) is 11.6. The van der Waals surface area contributed by atoms with Crippen LogP contribution < -0.4 is 5.32 Å². The molecule has 0 unspecified atom stereocenters. The minimum Gasteiger partial charge on any atom is -0.452 e. The molecule has 0 radical (unpaired) electrons. The van der Waals surface area contributed by atoms with Crippen molar-refractivity contribution in [3.05, 3.63) is 63.9 Å². The Kier molecular flexibility index (Phi) is 5.96. The van der Waals surface area contributed by atoms with Crippen molar-refractivity contribution in [3.8, 4) is 0 Å². The van der Waals surface area contributed by atoms with E-state index in [1.807, 2.05) is 13.0 Å². The molecule has 1 heterocycles. The Hall–Kier alpha value is -2.11. The van der Waals surface area contributed by atoms with Crippen molar-refractivity contribution in [1.29, 1.82) is 0 Å². The molecule has 5 nitrogen and oxygen atoms in total. The number of ether oxygens (including phenoxy) is 1. The van der Waals surface area contributed by atoms with Crippen molar-refractivity contribution in [2.24, 2.45) is 0 Å². The average molecular weight is 353 g/mol. The number of hydrogen-bond donors (Lipinski definition) is 1. The van der Waals surface area contributed by atoms with Crippen LogP contribution in [0.4, 0.5) is 0 Å². The number of nitrogens with one attached hydrogen (secondary N) is 1. The van der Waals surface area contributed by atoms with Gasteiger partial charge in [-0.25, -0.2) is 9.78 Å². The fourth-order valence-corrected chi connectivity index (χ4v) is 2.28. The fraction of sp³-hybridized carbons (Fsp3) is 0.188. The van der Waals surface area contributed by atoms with Gasteiger partial charge in [0.05, 0.1) is 11.6 Å². The number of carbonyl (C=O) groups is 2. The smallest absolute Gasteiger partial charge is 0.341 e. The molecule has 2 aromatic rings. The molecule has 1 N–H and O–H groups in total. The summed E-state index contributed by atoms with van der Waals surface area (Å²) in [4.78, 5) is 27.5. The second-order valence-electron chi connectivity index (χ2n) is 4.76. The number of nitrogens with zero attached hydrogens (tertiary/aromatic N) is 1. The molecule has 0 bridgehead atoms. The fourth-order valence-electron chi connectivity index (χ4n) is 1.89. The first-order chi connectivity index (χ1) is 11.0. The zero-order valence-electron chi connectivity index (χ0n) is 12.3. The lowest BCUT2D eigenvalue weighted by Gasteiger charge is -2.14. The molecular formula is C16H14Cl2N2O3. The van der Waals surface area contributed by atoms with Gasteiger partial charge in [-0.05, 0) is 36.8 Å². The van der Waals surface area contributed by atoms with E-state index in [1.54, 1.807) is 24.3 Å². The number of hydrogen-bond acceptors (Lipinski definition) is 4. The zero-order valence-corrected chi connectivity index (χ0v) is 13.8. The summed E-state index contributed by atoms with van der Waals surface area (Å²) in [7, 11) is 0. The number of benzene rings is 1. The Bertz CT molecular complexity index is 722. The Morgan fingerprint density at radius 2 is 2.04 bits per heavy atom. The van der Waals surface area contributed by atoms with Crippen LogP contribution in [0, 0.1) is 0 Å². The molecule has 0 aliphatic rings. The molecule has 1 amide bonds. The Labute approximate surface area is 143 Å². The lowest BCUT2D eigenvalue weighted by molar-refractivity contribution is -0.124. The topological polar surface area (TPSA) is 68.3 Å². The number of aromatic nitrogens is 1. The number of esters is 1. The third kappa shape index (κ3) is 4.94. The molecule has 1 aromatic carbocycles. The molecule has 0 spiro atoms. The lowest BCUT2D eigenvalue weighted by Crippen LogP contribution is -2.31. The van der Waals surface area contributed by atoms with Crippen molar-refractivity contribution in [3.63, 3.8) is 0 Å². The standard InChI is InChI=1S/C16H14Cl2N2O3/c1-10(11-4-2-5-12(17)8-11)20-14(21)9-23-16(22)13-6-3-7-19-15(13)18/h2-8,10H,9H2,1H3,(H,20,21)/t10-/m0/s1. The van der Waals surface area contributed by atoms with E-state index in [-0.39, 0.29) is 16.8 Å². The monoisotopic (exact) mass is 352 g/mol. The Morgan fingerprint density at radius 1 is 1.26 bits per heavy atom. The highest BCUT2D eigenvalue weighted by molar-refractivity contribution is 6.32. The van der Waals surface area contributed by atoms with Crippen LogP contribution in [0.25, 0.3) is 0 Å². The maximum Gasteiger partial charge on any atom is 0.341 e. The van der Waals surface area contributed by atoms with Crippen LogP contribution in [0.15, 0.2) is 42.6 Å². The quantitative estimate of drug-likeness (QED) is 0.661. The summed E-state index contributed by atoms with van der Waals surface area (Å²) in [5.74, 6) is -1.13. The van der Waals surface area contributed by atoms with E-state index in [1.165, 1.54) is 12.3 Å². The van der Waals surface area contributed by atoms with Crippen LogP contribution in [-0.2, 0) is 9.53 Å². The van der Waals surface area contributed by atoms with Crippen LogP contribution in [0.1, 0.15) is 28.9 Å². The van der Waals surface area contributed by atoms with Crippen molar-refractivity contribution >= 4 is 35.1 Å². The number of pyridine rings is 1. The van der Waals surface area contributed by atoms with Crippen LogP contribution in [0.2, 0.25) is 10.2 Å². The molecule has 7 heteroatoms. The van der Waals surface area contributed by atoms with Gasteiger partial charge < -0.3 is 10.1 Å². The average Bonchev–Trinajstić information content (AvgIpc) is 2.53. The van der Waals surface area contributed by atoms with Gasteiger partial charge in [0.25, 0.3) is 5.91 Å². The maximum atomic E-state index is 11.9. The highest BCUT2D eigenvalue weighted by atomic mass is 35.5. The molecule has 1 aromatic heterocycles. The van der Waals surface area contributed by atoms with Crippen molar-refractivity contribution < 1.29 is 14.3 Å². The van der Waals surface area contributed by atoms with Gasteiger partial charge in [-0.3, -0.25) is 4.79 Å². The molecule has 0 aliphatic heterocycles. The van der Waals surface area contributed by atoms with Crippen LogP contribution in [0.3, 0.4) is 0 Å². The van der Waals surface area contributed by atoms with E-state index in [0.717, 1.165) is 5.56 Å². The minimum absolute atomic E-state index is 0.0326. The highest BCUT2D eigenvalue weighted by Gasteiger charge is 2.15. The molecule has 2 rings (SSSR count). The summed E-state index contributed by atoms with van der Waals surface area (Å²) in [6.45, 7) is 1.40. The molecule has 0 aliphatic carbocycles. The molecule has 1 atom stereocenters. The van der Waals surface area contributed by atoms with Crippen molar-refractivity contribution in [1.82, 2.24) is 10.3 Å². The SMILES string of the molecule is C[C@H](NC(=O)COC(=O)c1cccnc1Cl)c1cccc(Cl)c1. The van der Waals surface area contributed by atoms with Gasteiger partial charge in [0.2, 0.25) is 0 Å². The Morgan fingerprint density at radius 3 is 2.74 bits per heavy atom. The van der Waals surface area contributed by atoms with Gasteiger partial charge in [-0.15, -0.1) is 0 Å². The van der Waals surface area contributed by atoms with Gasteiger partial charge in [-0.2, -0.15) is 0 Å². The maximum absolute atomic E-state index is 11.9. The molecule has 0 saturated heterocycles. The zero-order chi connectivity index (χ0) is 16.8. The van der Waals surface area contributed by atoms with Crippen LogP contribution in [-0.4, -0.2) is 23.5 Å². The molecule has 0 fully saturated rings. The minimum atomic E-state index is -0.700. The van der Waals surface area contributed by atoms with E-state index in [0.29, 0.717) is 5.02 Å². The van der Waals surface area contributed by atoms with E-state index >= 15 is 0 Å². The summed E-state index contributed by atoms with van der Waals surface area (Å²) in [6, 6.07) is 9.92. The number of halogens is 2. The van der Waals surface area contributed by atoms with E-state index < -0.39 is 18.5 Å². The van der Waals surface area contributed by atoms with Crippen molar-refractivity contribution in [2.75, 3.05) is 6.61 Å². The van der Waals surface area contributed by atoms with E-state index in [4.69, 9.17) is 27.9 Å². The summed E-state index contributed by atoms with van der Waals surface area (Å²) in [6.07, 6.45) is 1.46. The summed E-state index contributed by atoms with van der Waals surface area (Å²) in [5, 5.41) is 3.34. The van der Waals surface area contributed by atoms with E-state index in [2.05, 4.69) is 10.3 Å². The second-order valence-corrected chi connectivity index (χ2v) is 5.56. The Balaban J connectivity index is 1.88. The molecular weight excluding hydrogens is 339 g/mol. The van der Waals surface area contributed by atoms with Gasteiger partial charge in [0, 0.05) is 11.2 Å². The van der Waals surface area contributed by atoms with Gasteiger partial charge >= 0.3 is 5.97 Å². The molecule has 120 valence electrons. The third-order valence-electron chi connectivity index (χ3n) is 3.04. The predicted octanol–water partition coefficient (Wildman–Crippen LogP) is 3.42. The van der Waals surface area contributed by atoms with Crippen LogP contribution >= 0.6 is 23.2 Å². The molecule has 23 heavy (non-hydrogen) atoms. The first-order valence-electron chi connectivity index (χ1n) is 6.80. The largest absolute Gasteiger partial charge is 0.452 e. The molecule has 0 saturated carbocycles.